The smallest absolute Gasteiger partial charge is 0.321 e. The lowest BCUT2D eigenvalue weighted by molar-refractivity contribution is -0.139. The number of nitrogens with zero attached hydrogens (tertiary/aromatic N) is 1. The second-order valence-corrected chi connectivity index (χ2v) is 8.69. The van der Waals surface area contributed by atoms with E-state index in [2.05, 4.69) is 26.2 Å². The number of hydrogen-bond acceptors (Lipinski definition) is 6. The van der Waals surface area contributed by atoms with Gasteiger partial charge in [0.05, 0.1) is 5.92 Å². The van der Waals surface area contributed by atoms with Crippen LogP contribution in [0.1, 0.15) is 33.4 Å². The number of hydrogen-bond donors (Lipinski definition) is 2. The fourth-order valence-electron chi connectivity index (χ4n) is 4.56. The summed E-state index contributed by atoms with van der Waals surface area (Å²) in [7, 11) is 0. The Kier molecular flexibility index (Phi) is 5.40. The van der Waals surface area contributed by atoms with Crippen molar-refractivity contribution < 1.29 is 24.2 Å². The third kappa shape index (κ3) is 3.65. The van der Waals surface area contributed by atoms with Gasteiger partial charge in [0.1, 0.15) is 6.04 Å². The van der Waals surface area contributed by atoms with E-state index in [1.807, 2.05) is 6.07 Å². The lowest BCUT2D eigenvalue weighted by Crippen LogP contribution is -2.35. The van der Waals surface area contributed by atoms with E-state index in [0.29, 0.717) is 22.6 Å². The highest BCUT2D eigenvalue weighted by Gasteiger charge is 2.51. The standard InChI is InChI=1S/C24H19BrN2O5/c25-16-4-1-14(2-5-16)23(28)20-19(15-3-6-17-18(11-15)32-12-31-17)22(24(29)30)27-21(20)13-7-9-26-10-8-13/h1-11,19-22,27H,12H2,(H,29,30). The number of benzene rings is 2. The summed E-state index contributed by atoms with van der Waals surface area (Å²) in [5.74, 6) is -1.26. The molecule has 0 amide bonds. The van der Waals surface area contributed by atoms with Gasteiger partial charge in [-0.15, -0.1) is 0 Å². The van der Waals surface area contributed by atoms with Crippen molar-refractivity contribution in [3.63, 3.8) is 0 Å². The second-order valence-electron chi connectivity index (χ2n) is 7.78. The van der Waals surface area contributed by atoms with Gasteiger partial charge in [-0.25, -0.2) is 0 Å². The minimum atomic E-state index is -1.02. The number of carboxylic acid groups (broad SMARTS) is 1. The maximum absolute atomic E-state index is 13.8. The third-order valence-corrected chi connectivity index (χ3v) is 6.54. The summed E-state index contributed by atoms with van der Waals surface area (Å²) in [6.45, 7) is 0.116. The third-order valence-electron chi connectivity index (χ3n) is 6.01. The summed E-state index contributed by atoms with van der Waals surface area (Å²) in [6.07, 6.45) is 3.28. The molecule has 2 N–H and O–H groups in total. The number of aliphatic carboxylic acids is 1. The van der Waals surface area contributed by atoms with Gasteiger partial charge in [-0.05, 0) is 47.5 Å². The number of pyridine rings is 1. The van der Waals surface area contributed by atoms with Crippen LogP contribution in [0.3, 0.4) is 0 Å². The van der Waals surface area contributed by atoms with Gasteiger partial charge in [-0.3, -0.25) is 19.9 Å². The molecule has 7 nitrogen and oxygen atoms in total. The summed E-state index contributed by atoms with van der Waals surface area (Å²) >= 11 is 3.40. The summed E-state index contributed by atoms with van der Waals surface area (Å²) in [4.78, 5) is 30.2. The van der Waals surface area contributed by atoms with Crippen LogP contribution < -0.4 is 14.8 Å². The number of ketones is 1. The van der Waals surface area contributed by atoms with Crippen molar-refractivity contribution in [3.8, 4) is 11.5 Å². The SMILES string of the molecule is O=C(O)C1NC(c2ccncc2)C(C(=O)c2ccc(Br)cc2)C1c1ccc2c(c1)OCO2. The van der Waals surface area contributed by atoms with E-state index in [1.165, 1.54) is 0 Å². The Labute approximate surface area is 192 Å². The summed E-state index contributed by atoms with van der Waals surface area (Å²) in [5.41, 5.74) is 2.04. The molecule has 162 valence electrons. The van der Waals surface area contributed by atoms with E-state index in [0.717, 1.165) is 10.0 Å². The van der Waals surface area contributed by atoms with Gasteiger partial charge < -0.3 is 14.6 Å². The molecule has 0 radical (unpaired) electrons. The van der Waals surface area contributed by atoms with Crippen LogP contribution in [0.25, 0.3) is 0 Å². The molecule has 3 aromatic rings. The van der Waals surface area contributed by atoms with Crippen LogP contribution in [0.2, 0.25) is 0 Å². The average Bonchev–Trinajstić information content (AvgIpc) is 3.44. The normalized spacial score (nSPS) is 23.8. The Bertz CT molecular complexity index is 1170. The molecule has 0 saturated carbocycles. The molecule has 4 unspecified atom stereocenters. The molecule has 2 aliphatic heterocycles. The first-order chi connectivity index (χ1) is 15.5. The number of fused-ring (bicyclic) bond motifs is 1. The molecule has 1 aromatic heterocycles. The molecule has 2 aliphatic rings. The number of rotatable bonds is 5. The first kappa shape index (κ1) is 20.7. The molecule has 0 aliphatic carbocycles. The Hall–Kier alpha value is -3.23. The monoisotopic (exact) mass is 494 g/mol. The highest BCUT2D eigenvalue weighted by atomic mass is 79.9. The zero-order valence-electron chi connectivity index (χ0n) is 16.8. The Morgan fingerprint density at radius 2 is 1.69 bits per heavy atom. The van der Waals surface area contributed by atoms with Crippen molar-refractivity contribution in [2.75, 3.05) is 6.79 Å². The second kappa shape index (κ2) is 8.37. The summed E-state index contributed by atoms with van der Waals surface area (Å²) in [5, 5.41) is 13.3. The number of aromatic nitrogens is 1. The number of nitrogens with one attached hydrogen (secondary N) is 1. The van der Waals surface area contributed by atoms with Crippen LogP contribution in [0.5, 0.6) is 11.5 Å². The van der Waals surface area contributed by atoms with Crippen LogP contribution in [0, 0.1) is 5.92 Å². The fourth-order valence-corrected chi connectivity index (χ4v) is 4.82. The number of halogens is 1. The zero-order valence-corrected chi connectivity index (χ0v) is 18.4. The van der Waals surface area contributed by atoms with E-state index in [9.17, 15) is 14.7 Å². The quantitative estimate of drug-likeness (QED) is 0.518. The van der Waals surface area contributed by atoms with Gasteiger partial charge in [-0.2, -0.15) is 0 Å². The summed E-state index contributed by atoms with van der Waals surface area (Å²) in [6, 6.07) is 14.6. The number of Topliss-reactive ketones (excluding diaryl/α,β-unsaturated/α-hetero) is 1. The molecule has 4 atom stereocenters. The van der Waals surface area contributed by atoms with Crippen molar-refractivity contribution >= 4 is 27.7 Å². The van der Waals surface area contributed by atoms with E-state index < -0.39 is 29.9 Å². The van der Waals surface area contributed by atoms with E-state index in [4.69, 9.17) is 9.47 Å². The molecule has 0 bridgehead atoms. The molecule has 3 heterocycles. The van der Waals surface area contributed by atoms with Gasteiger partial charge in [0.2, 0.25) is 6.79 Å². The van der Waals surface area contributed by atoms with Crippen LogP contribution in [-0.4, -0.2) is 34.7 Å². The number of ether oxygens (including phenoxy) is 2. The molecule has 1 fully saturated rings. The van der Waals surface area contributed by atoms with Crippen molar-refractivity contribution in [2.45, 2.75) is 18.0 Å². The van der Waals surface area contributed by atoms with Crippen molar-refractivity contribution in [1.29, 1.82) is 0 Å². The molecule has 32 heavy (non-hydrogen) atoms. The predicted octanol–water partition coefficient (Wildman–Crippen LogP) is 3.95. The van der Waals surface area contributed by atoms with E-state index in [1.54, 1.807) is 60.9 Å². The van der Waals surface area contributed by atoms with Gasteiger partial charge in [0.25, 0.3) is 0 Å². The first-order valence-electron chi connectivity index (χ1n) is 10.1. The van der Waals surface area contributed by atoms with E-state index >= 15 is 0 Å². The maximum Gasteiger partial charge on any atom is 0.321 e. The van der Waals surface area contributed by atoms with Gasteiger partial charge >= 0.3 is 5.97 Å². The van der Waals surface area contributed by atoms with Crippen molar-refractivity contribution in [1.82, 2.24) is 10.3 Å². The number of carbonyl (C=O) groups is 2. The molecule has 5 rings (SSSR count). The summed E-state index contributed by atoms with van der Waals surface area (Å²) < 4.78 is 11.8. The predicted molar refractivity (Wildman–Crippen MR) is 119 cm³/mol. The lowest BCUT2D eigenvalue weighted by Gasteiger charge is -2.24. The maximum atomic E-state index is 13.8. The fraction of sp³-hybridized carbons (Fsp3) is 0.208. The van der Waals surface area contributed by atoms with Crippen LogP contribution in [-0.2, 0) is 4.79 Å². The van der Waals surface area contributed by atoms with Crippen molar-refractivity contribution in [3.05, 3.63) is 88.2 Å². The van der Waals surface area contributed by atoms with Gasteiger partial charge in [-0.1, -0.05) is 34.1 Å². The Balaban J connectivity index is 1.64. The van der Waals surface area contributed by atoms with Gasteiger partial charge in [0, 0.05) is 34.4 Å². The molecular formula is C24H19BrN2O5. The van der Waals surface area contributed by atoms with Crippen LogP contribution >= 0.6 is 15.9 Å². The zero-order chi connectivity index (χ0) is 22.2. The van der Waals surface area contributed by atoms with Gasteiger partial charge in [0.15, 0.2) is 17.3 Å². The Morgan fingerprint density at radius 1 is 0.969 bits per heavy atom. The average molecular weight is 495 g/mol. The Morgan fingerprint density at radius 3 is 2.41 bits per heavy atom. The highest BCUT2D eigenvalue weighted by molar-refractivity contribution is 9.10. The minimum absolute atomic E-state index is 0.116. The highest BCUT2D eigenvalue weighted by Crippen LogP contribution is 2.47. The molecular weight excluding hydrogens is 476 g/mol. The molecule has 8 heteroatoms. The molecule has 1 saturated heterocycles. The van der Waals surface area contributed by atoms with Crippen LogP contribution in [0.4, 0.5) is 0 Å². The van der Waals surface area contributed by atoms with Crippen LogP contribution in [0.15, 0.2) is 71.5 Å². The largest absolute Gasteiger partial charge is 0.480 e. The first-order valence-corrected chi connectivity index (χ1v) is 10.9. The topological polar surface area (TPSA) is 97.8 Å². The van der Waals surface area contributed by atoms with E-state index in [-0.39, 0.29) is 12.6 Å². The number of carboxylic acids is 1. The van der Waals surface area contributed by atoms with Crippen molar-refractivity contribution in [2.24, 2.45) is 5.92 Å². The minimum Gasteiger partial charge on any atom is -0.480 e. The molecule has 2 aromatic carbocycles. The molecule has 0 spiro atoms. The number of carbonyl (C=O) groups excluding carboxylic acids is 1. The lowest BCUT2D eigenvalue weighted by atomic mass is 9.76.